The van der Waals surface area contributed by atoms with Crippen LogP contribution in [0.5, 0.6) is 0 Å². The Hall–Kier alpha value is -1.58. The monoisotopic (exact) mass is 350 g/mol. The highest BCUT2D eigenvalue weighted by Gasteiger charge is 2.30. The molecule has 25 heavy (non-hydrogen) atoms. The zero-order chi connectivity index (χ0) is 18.5. The van der Waals surface area contributed by atoms with Gasteiger partial charge in [0.2, 0.25) is 0 Å². The fourth-order valence-electron chi connectivity index (χ4n) is 3.45. The molecule has 0 bridgehead atoms. The summed E-state index contributed by atoms with van der Waals surface area (Å²) in [5, 5.41) is 18.1. The quantitative estimate of drug-likeness (QED) is 0.342. The van der Waals surface area contributed by atoms with Gasteiger partial charge in [0.25, 0.3) is 0 Å². The summed E-state index contributed by atoms with van der Waals surface area (Å²) < 4.78 is 0. The van der Waals surface area contributed by atoms with Gasteiger partial charge in [-0.05, 0) is 38.0 Å². The van der Waals surface area contributed by atoms with E-state index in [-0.39, 0.29) is 18.3 Å². The first-order chi connectivity index (χ1) is 12.0. The van der Waals surface area contributed by atoms with Crippen LogP contribution in [0.15, 0.2) is 24.3 Å². The van der Waals surface area contributed by atoms with E-state index < -0.39 is 11.9 Å². The number of hydrogen-bond acceptors (Lipinski definition) is 2. The van der Waals surface area contributed by atoms with E-state index in [0.717, 1.165) is 64.2 Å². The van der Waals surface area contributed by atoms with Gasteiger partial charge in [-0.15, -0.1) is 0 Å². The van der Waals surface area contributed by atoms with Crippen LogP contribution >= 0.6 is 0 Å². The fourth-order valence-corrected chi connectivity index (χ4v) is 3.45. The van der Waals surface area contributed by atoms with Crippen LogP contribution < -0.4 is 0 Å². The van der Waals surface area contributed by atoms with Crippen LogP contribution in [0.3, 0.4) is 0 Å². The van der Waals surface area contributed by atoms with Crippen molar-refractivity contribution < 1.29 is 19.8 Å². The van der Waals surface area contributed by atoms with Crippen molar-refractivity contribution in [3.63, 3.8) is 0 Å². The molecule has 142 valence electrons. The third-order valence-corrected chi connectivity index (χ3v) is 4.99. The van der Waals surface area contributed by atoms with Crippen molar-refractivity contribution >= 4 is 11.9 Å². The Labute approximate surface area is 152 Å². The van der Waals surface area contributed by atoms with E-state index in [4.69, 9.17) is 5.11 Å². The van der Waals surface area contributed by atoms with Gasteiger partial charge in [0.1, 0.15) is 0 Å². The maximum atomic E-state index is 11.6. The summed E-state index contributed by atoms with van der Waals surface area (Å²) in [5.74, 6) is -1.26. The predicted octanol–water partition coefficient (Wildman–Crippen LogP) is 5.44. The summed E-state index contributed by atoms with van der Waals surface area (Å²) in [7, 11) is 0. The molecule has 0 aromatic rings. The van der Waals surface area contributed by atoms with Gasteiger partial charge in [0.15, 0.2) is 0 Å². The molecule has 4 nitrogen and oxygen atoms in total. The van der Waals surface area contributed by atoms with E-state index in [1.807, 2.05) is 0 Å². The van der Waals surface area contributed by atoms with Crippen molar-refractivity contribution in [2.24, 2.45) is 17.8 Å². The van der Waals surface area contributed by atoms with Gasteiger partial charge in [0.05, 0.1) is 5.92 Å². The lowest BCUT2D eigenvalue weighted by Crippen LogP contribution is -2.26. The molecular formula is C21H34O4. The third kappa shape index (κ3) is 9.47. The Balaban J connectivity index is 2.27. The lowest BCUT2D eigenvalue weighted by Gasteiger charge is -2.27. The first kappa shape index (κ1) is 21.5. The van der Waals surface area contributed by atoms with Crippen molar-refractivity contribution in [1.29, 1.82) is 0 Å². The highest BCUT2D eigenvalue weighted by atomic mass is 16.4. The molecule has 0 radical (unpaired) electrons. The van der Waals surface area contributed by atoms with Gasteiger partial charge in [-0.25, -0.2) is 0 Å². The molecule has 1 rings (SSSR count). The molecule has 0 heterocycles. The first-order valence-corrected chi connectivity index (χ1v) is 9.84. The predicted molar refractivity (Wildman–Crippen MR) is 100 cm³/mol. The summed E-state index contributed by atoms with van der Waals surface area (Å²) in [6.07, 6.45) is 18.9. The minimum absolute atomic E-state index is 0.0194. The number of rotatable bonds is 13. The summed E-state index contributed by atoms with van der Waals surface area (Å²) in [6.45, 7) is 2.17. The van der Waals surface area contributed by atoms with E-state index in [1.54, 1.807) is 0 Å². The maximum absolute atomic E-state index is 11.6. The van der Waals surface area contributed by atoms with Crippen LogP contribution in [0.4, 0.5) is 0 Å². The average Bonchev–Trinajstić information content (AvgIpc) is 2.58. The van der Waals surface area contributed by atoms with Crippen molar-refractivity contribution in [2.45, 2.75) is 77.6 Å². The molecule has 0 amide bonds. The summed E-state index contributed by atoms with van der Waals surface area (Å²) in [4.78, 5) is 22.0. The molecule has 3 atom stereocenters. The van der Waals surface area contributed by atoms with Gasteiger partial charge in [-0.1, -0.05) is 63.3 Å². The third-order valence-electron chi connectivity index (χ3n) is 4.99. The highest BCUT2D eigenvalue weighted by molar-refractivity contribution is 5.71. The lowest BCUT2D eigenvalue weighted by atomic mass is 9.77. The molecule has 4 heteroatoms. The van der Waals surface area contributed by atoms with Crippen LogP contribution in [0.2, 0.25) is 0 Å². The molecule has 2 N–H and O–H groups in total. The van der Waals surface area contributed by atoms with Gasteiger partial charge in [-0.3, -0.25) is 9.59 Å². The van der Waals surface area contributed by atoms with Crippen LogP contribution in [0.25, 0.3) is 0 Å². The normalized spacial score (nSPS) is 23.2. The molecule has 1 aliphatic rings. The Morgan fingerprint density at radius 3 is 2.44 bits per heavy atom. The minimum Gasteiger partial charge on any atom is -0.481 e. The Morgan fingerprint density at radius 2 is 1.76 bits per heavy atom. The van der Waals surface area contributed by atoms with Crippen molar-refractivity contribution in [1.82, 2.24) is 0 Å². The van der Waals surface area contributed by atoms with Gasteiger partial charge < -0.3 is 10.2 Å². The minimum atomic E-state index is -0.714. The van der Waals surface area contributed by atoms with Crippen molar-refractivity contribution in [3.05, 3.63) is 24.3 Å². The molecular weight excluding hydrogens is 316 g/mol. The number of allylic oxidation sites excluding steroid dienone is 4. The Bertz CT molecular complexity index is 453. The second-order valence-electron chi connectivity index (χ2n) is 7.17. The van der Waals surface area contributed by atoms with Crippen LogP contribution in [0, 0.1) is 17.8 Å². The number of carbonyl (C=O) groups is 2. The number of unbranched alkanes of at least 4 members (excludes halogenated alkanes) is 6. The van der Waals surface area contributed by atoms with Crippen LogP contribution in [0.1, 0.15) is 77.6 Å². The van der Waals surface area contributed by atoms with Crippen LogP contribution in [-0.4, -0.2) is 22.2 Å². The van der Waals surface area contributed by atoms with Crippen LogP contribution in [-0.2, 0) is 9.59 Å². The van der Waals surface area contributed by atoms with Gasteiger partial charge >= 0.3 is 11.9 Å². The Morgan fingerprint density at radius 1 is 1.04 bits per heavy atom. The average molecular weight is 350 g/mol. The largest absolute Gasteiger partial charge is 0.481 e. The van der Waals surface area contributed by atoms with E-state index in [0.29, 0.717) is 5.92 Å². The zero-order valence-corrected chi connectivity index (χ0v) is 15.5. The number of hydrogen-bond donors (Lipinski definition) is 2. The topological polar surface area (TPSA) is 74.6 Å². The molecule has 0 saturated heterocycles. The molecule has 0 aliphatic heterocycles. The molecule has 1 aliphatic carbocycles. The van der Waals surface area contributed by atoms with Crippen molar-refractivity contribution in [3.8, 4) is 0 Å². The maximum Gasteiger partial charge on any atom is 0.307 e. The second kappa shape index (κ2) is 12.7. The lowest BCUT2D eigenvalue weighted by molar-refractivity contribution is -0.143. The standard InChI is InChI=1S/C21H34O4/c1-2-3-11-17-14-15-18(19(16-17)21(24)25)12-9-7-5-4-6-8-10-13-20(22)23/h9,12,14-15,17-19H,2-8,10-11,13,16H2,1H3,(H,22,23)(H,24,25)/b12-9+/t17-,18+,19-/m0/s1. The van der Waals surface area contributed by atoms with Gasteiger partial charge in [0, 0.05) is 12.3 Å². The summed E-state index contributed by atoms with van der Waals surface area (Å²) in [6, 6.07) is 0. The number of aliphatic carboxylic acids is 2. The number of carboxylic acids is 2. The zero-order valence-electron chi connectivity index (χ0n) is 15.5. The summed E-state index contributed by atoms with van der Waals surface area (Å²) >= 11 is 0. The Kier molecular flexibility index (Phi) is 10.9. The van der Waals surface area contributed by atoms with E-state index >= 15 is 0 Å². The molecule has 0 saturated carbocycles. The van der Waals surface area contributed by atoms with Crippen molar-refractivity contribution in [2.75, 3.05) is 0 Å². The van der Waals surface area contributed by atoms with E-state index in [2.05, 4.69) is 31.2 Å². The molecule has 0 aromatic heterocycles. The summed E-state index contributed by atoms with van der Waals surface area (Å²) in [5.41, 5.74) is 0. The number of carboxylic acid groups (broad SMARTS) is 2. The SMILES string of the molecule is CCCC[C@H]1C=C[C@@H](/C=C/CCCCCCCC(=O)O)[C@@H](C(=O)O)C1. The molecule has 0 unspecified atom stereocenters. The highest BCUT2D eigenvalue weighted by Crippen LogP contribution is 2.32. The van der Waals surface area contributed by atoms with E-state index in [1.165, 1.54) is 0 Å². The van der Waals surface area contributed by atoms with Gasteiger partial charge in [-0.2, -0.15) is 0 Å². The first-order valence-electron chi connectivity index (χ1n) is 9.84. The smallest absolute Gasteiger partial charge is 0.307 e. The van der Waals surface area contributed by atoms with E-state index in [9.17, 15) is 14.7 Å². The molecule has 0 spiro atoms. The molecule has 0 fully saturated rings. The second-order valence-corrected chi connectivity index (χ2v) is 7.17. The fraction of sp³-hybridized carbons (Fsp3) is 0.714. The molecule has 0 aromatic carbocycles.